The van der Waals surface area contributed by atoms with Gasteiger partial charge in [-0.15, -0.1) is 11.3 Å². The summed E-state index contributed by atoms with van der Waals surface area (Å²) in [7, 11) is -3.66. The van der Waals surface area contributed by atoms with Crippen LogP contribution in [0.1, 0.15) is 29.0 Å². The summed E-state index contributed by atoms with van der Waals surface area (Å²) in [5.74, 6) is 0. The molecule has 2 aromatic rings. The number of sulfonamides is 1. The van der Waals surface area contributed by atoms with Gasteiger partial charge in [-0.1, -0.05) is 28.1 Å². The highest BCUT2D eigenvalue weighted by atomic mass is 79.9. The predicted molar refractivity (Wildman–Crippen MR) is 87.9 cm³/mol. The van der Waals surface area contributed by atoms with E-state index in [1.165, 1.54) is 11.3 Å². The molecular formula is C14H16BrNO3S2. The Balaban J connectivity index is 2.28. The van der Waals surface area contributed by atoms with Crippen LogP contribution in [-0.4, -0.2) is 13.5 Å². The van der Waals surface area contributed by atoms with E-state index in [0.717, 1.165) is 10.0 Å². The van der Waals surface area contributed by atoms with Crippen molar-refractivity contribution in [2.24, 2.45) is 0 Å². The summed E-state index contributed by atoms with van der Waals surface area (Å²) in [6.07, 6.45) is 0. The molecule has 1 atom stereocenters. The summed E-state index contributed by atoms with van der Waals surface area (Å²) >= 11 is 4.60. The Morgan fingerprint density at radius 1 is 1.33 bits per heavy atom. The zero-order valence-electron chi connectivity index (χ0n) is 11.6. The first-order valence-electron chi connectivity index (χ1n) is 6.30. The number of hydrogen-bond acceptors (Lipinski definition) is 4. The maximum Gasteiger partial charge on any atom is 0.242 e. The van der Waals surface area contributed by atoms with E-state index in [-0.39, 0.29) is 17.5 Å². The van der Waals surface area contributed by atoms with E-state index in [0.29, 0.717) is 10.4 Å². The molecule has 0 spiro atoms. The third-order valence-corrected chi connectivity index (χ3v) is 6.62. The zero-order chi connectivity index (χ0) is 15.6. The molecule has 21 heavy (non-hydrogen) atoms. The number of halogens is 1. The average Bonchev–Trinajstić information content (AvgIpc) is 2.80. The molecule has 0 saturated carbocycles. The molecule has 0 aliphatic carbocycles. The first-order valence-corrected chi connectivity index (χ1v) is 9.46. The fourth-order valence-corrected chi connectivity index (χ4v) is 5.23. The van der Waals surface area contributed by atoms with Crippen LogP contribution in [0.25, 0.3) is 0 Å². The highest BCUT2D eigenvalue weighted by Gasteiger charge is 2.24. The Kier molecular flexibility index (Phi) is 5.21. The Labute approximate surface area is 137 Å². The summed E-state index contributed by atoms with van der Waals surface area (Å²) < 4.78 is 28.6. The molecule has 1 unspecified atom stereocenters. The molecule has 0 fully saturated rings. The van der Waals surface area contributed by atoms with E-state index in [2.05, 4.69) is 20.7 Å². The molecule has 0 saturated heterocycles. The van der Waals surface area contributed by atoms with Gasteiger partial charge >= 0.3 is 0 Å². The molecule has 2 rings (SSSR count). The minimum Gasteiger partial charge on any atom is -0.391 e. The van der Waals surface area contributed by atoms with Crippen molar-refractivity contribution in [2.45, 2.75) is 31.4 Å². The second-order valence-electron chi connectivity index (χ2n) is 4.72. The van der Waals surface area contributed by atoms with E-state index in [9.17, 15) is 13.5 Å². The summed E-state index contributed by atoms with van der Waals surface area (Å²) in [6, 6.07) is 7.12. The van der Waals surface area contributed by atoms with Gasteiger partial charge in [-0.2, -0.15) is 0 Å². The molecule has 7 heteroatoms. The molecule has 4 nitrogen and oxygen atoms in total. The van der Waals surface area contributed by atoms with E-state index in [4.69, 9.17) is 0 Å². The number of aliphatic hydroxyl groups excluding tert-OH is 1. The van der Waals surface area contributed by atoms with Gasteiger partial charge < -0.3 is 5.11 Å². The molecule has 0 radical (unpaired) electrons. The van der Waals surface area contributed by atoms with Crippen LogP contribution >= 0.6 is 27.3 Å². The lowest BCUT2D eigenvalue weighted by molar-refractivity contribution is 0.282. The quantitative estimate of drug-likeness (QED) is 0.823. The van der Waals surface area contributed by atoms with Crippen molar-refractivity contribution in [3.05, 3.63) is 50.1 Å². The van der Waals surface area contributed by atoms with Gasteiger partial charge in [0.1, 0.15) is 4.90 Å². The first kappa shape index (κ1) is 16.6. The summed E-state index contributed by atoms with van der Waals surface area (Å²) in [5, 5.41) is 11.0. The first-order chi connectivity index (χ1) is 9.85. The Morgan fingerprint density at radius 3 is 2.52 bits per heavy atom. The highest BCUT2D eigenvalue weighted by Crippen LogP contribution is 2.28. The van der Waals surface area contributed by atoms with E-state index < -0.39 is 10.0 Å². The van der Waals surface area contributed by atoms with Crippen molar-refractivity contribution in [1.82, 2.24) is 4.72 Å². The summed E-state index contributed by atoms with van der Waals surface area (Å²) in [5.41, 5.74) is 1.53. The summed E-state index contributed by atoms with van der Waals surface area (Å²) in [4.78, 5) is 0.655. The summed E-state index contributed by atoms with van der Waals surface area (Å²) in [6.45, 7) is 3.25. The number of aryl methyl sites for hydroxylation is 1. The van der Waals surface area contributed by atoms with Gasteiger partial charge in [0.25, 0.3) is 0 Å². The Bertz CT molecular complexity index is 723. The fraction of sp³-hybridized carbons (Fsp3) is 0.286. The molecule has 1 heterocycles. The molecule has 2 N–H and O–H groups in total. The molecular weight excluding hydrogens is 374 g/mol. The topological polar surface area (TPSA) is 66.4 Å². The van der Waals surface area contributed by atoms with Crippen LogP contribution in [0, 0.1) is 6.92 Å². The molecule has 0 bridgehead atoms. The van der Waals surface area contributed by atoms with Crippen LogP contribution in [0.15, 0.2) is 39.0 Å². The van der Waals surface area contributed by atoms with E-state index in [1.54, 1.807) is 19.2 Å². The van der Waals surface area contributed by atoms with Crippen LogP contribution in [0.2, 0.25) is 0 Å². The van der Waals surface area contributed by atoms with Crippen molar-refractivity contribution >= 4 is 37.3 Å². The number of benzene rings is 1. The second kappa shape index (κ2) is 6.58. The normalized spacial score (nSPS) is 13.3. The number of rotatable bonds is 5. The van der Waals surface area contributed by atoms with Crippen molar-refractivity contribution in [2.75, 3.05) is 0 Å². The van der Waals surface area contributed by atoms with Gasteiger partial charge in [0.15, 0.2) is 0 Å². The van der Waals surface area contributed by atoms with Gasteiger partial charge in [-0.3, -0.25) is 0 Å². The van der Waals surface area contributed by atoms with Crippen LogP contribution in [0.4, 0.5) is 0 Å². The number of nitrogens with one attached hydrogen (secondary N) is 1. The van der Waals surface area contributed by atoms with Gasteiger partial charge in [0.05, 0.1) is 11.5 Å². The van der Waals surface area contributed by atoms with Crippen molar-refractivity contribution in [3.63, 3.8) is 0 Å². The Hall–Kier alpha value is -0.730. The SMILES string of the molecule is Cc1csc(CO)c1S(=O)(=O)NC(C)c1ccc(Br)cc1. The number of aliphatic hydroxyl groups is 1. The lowest BCUT2D eigenvalue weighted by Crippen LogP contribution is -2.27. The zero-order valence-corrected chi connectivity index (χ0v) is 14.8. The smallest absolute Gasteiger partial charge is 0.242 e. The van der Waals surface area contributed by atoms with Crippen LogP contribution in [-0.2, 0) is 16.6 Å². The van der Waals surface area contributed by atoms with Crippen molar-refractivity contribution < 1.29 is 13.5 Å². The molecule has 1 aromatic heterocycles. The lowest BCUT2D eigenvalue weighted by atomic mass is 10.1. The van der Waals surface area contributed by atoms with Crippen LogP contribution < -0.4 is 4.72 Å². The van der Waals surface area contributed by atoms with Gasteiger partial charge in [0.2, 0.25) is 10.0 Å². The lowest BCUT2D eigenvalue weighted by Gasteiger charge is -2.15. The van der Waals surface area contributed by atoms with Gasteiger partial charge in [-0.05, 0) is 42.5 Å². The minimum atomic E-state index is -3.66. The average molecular weight is 390 g/mol. The molecule has 114 valence electrons. The number of thiophene rings is 1. The van der Waals surface area contributed by atoms with Crippen LogP contribution in [0.5, 0.6) is 0 Å². The largest absolute Gasteiger partial charge is 0.391 e. The highest BCUT2D eigenvalue weighted by molar-refractivity contribution is 9.10. The van der Waals surface area contributed by atoms with E-state index >= 15 is 0 Å². The van der Waals surface area contributed by atoms with E-state index in [1.807, 2.05) is 24.3 Å². The maximum atomic E-state index is 12.5. The fourth-order valence-electron chi connectivity index (χ4n) is 2.07. The Morgan fingerprint density at radius 2 is 1.95 bits per heavy atom. The third-order valence-electron chi connectivity index (χ3n) is 3.10. The minimum absolute atomic E-state index is 0.193. The van der Waals surface area contributed by atoms with Crippen molar-refractivity contribution in [1.29, 1.82) is 0 Å². The van der Waals surface area contributed by atoms with Crippen LogP contribution in [0.3, 0.4) is 0 Å². The van der Waals surface area contributed by atoms with Gasteiger partial charge in [0, 0.05) is 10.5 Å². The number of hydrogen-bond donors (Lipinski definition) is 2. The molecule has 1 aromatic carbocycles. The standard InChI is InChI=1S/C14H16BrNO3S2/c1-9-8-20-13(7-17)14(9)21(18,19)16-10(2)11-3-5-12(15)6-4-11/h3-6,8,10,16-17H,7H2,1-2H3. The van der Waals surface area contributed by atoms with Gasteiger partial charge in [-0.25, -0.2) is 13.1 Å². The molecule has 0 amide bonds. The third kappa shape index (κ3) is 3.73. The van der Waals surface area contributed by atoms with Crippen molar-refractivity contribution in [3.8, 4) is 0 Å². The maximum absolute atomic E-state index is 12.5. The monoisotopic (exact) mass is 389 g/mol. The second-order valence-corrected chi connectivity index (χ2v) is 8.25. The molecule has 0 aliphatic heterocycles. The predicted octanol–water partition coefficient (Wildman–Crippen LogP) is 3.35. The molecule has 0 aliphatic rings.